The maximum absolute atomic E-state index is 4.68. The van der Waals surface area contributed by atoms with Gasteiger partial charge < -0.3 is 5.32 Å². The van der Waals surface area contributed by atoms with Crippen LogP contribution in [0.1, 0.15) is 37.8 Å². The fraction of sp³-hybridized carbons (Fsp3) is 0.643. The minimum absolute atomic E-state index is 0.581. The summed E-state index contributed by atoms with van der Waals surface area (Å²) in [6, 6.07) is 0.581. The van der Waals surface area contributed by atoms with Crippen molar-refractivity contribution < 1.29 is 0 Å². The second-order valence-electron chi connectivity index (χ2n) is 5.40. The van der Waals surface area contributed by atoms with Crippen LogP contribution in [0.25, 0.3) is 4.96 Å². The van der Waals surface area contributed by atoms with Crippen LogP contribution in [0.4, 0.5) is 0 Å². The lowest BCUT2D eigenvalue weighted by Gasteiger charge is -2.19. The number of nitrogens with one attached hydrogen (secondary N) is 1. The Hall–Kier alpha value is -0.870. The molecule has 0 bridgehead atoms. The lowest BCUT2D eigenvalue weighted by atomic mass is 9.96. The number of rotatable bonds is 5. The molecule has 3 nitrogen and oxygen atoms in total. The number of nitrogens with zero attached hydrogens (tertiary/aromatic N) is 2. The summed E-state index contributed by atoms with van der Waals surface area (Å²) in [5.41, 5.74) is 1.22. The third-order valence-corrected chi connectivity index (χ3v) is 4.87. The zero-order valence-corrected chi connectivity index (χ0v) is 11.7. The smallest absolute Gasteiger partial charge is 0.193 e. The van der Waals surface area contributed by atoms with Crippen molar-refractivity contribution in [1.29, 1.82) is 0 Å². The van der Waals surface area contributed by atoms with Gasteiger partial charge in [0, 0.05) is 30.2 Å². The molecule has 0 amide bonds. The largest absolute Gasteiger partial charge is 0.317 e. The molecular weight excluding hydrogens is 242 g/mol. The molecule has 0 radical (unpaired) electrons. The average molecular weight is 263 g/mol. The molecule has 1 fully saturated rings. The SMILES string of the molecule is CNC(Cc1cn2ccsc2n1)CC1CCCC1. The first-order chi connectivity index (χ1) is 8.85. The normalized spacial score (nSPS) is 18.7. The third-order valence-electron chi connectivity index (χ3n) is 4.10. The summed E-state index contributed by atoms with van der Waals surface area (Å²) in [5.74, 6) is 0.936. The molecule has 3 rings (SSSR count). The van der Waals surface area contributed by atoms with Crippen molar-refractivity contribution in [3.05, 3.63) is 23.5 Å². The molecule has 1 aliphatic carbocycles. The number of hydrogen-bond donors (Lipinski definition) is 1. The number of fused-ring (bicyclic) bond motifs is 1. The van der Waals surface area contributed by atoms with Crippen LogP contribution in [-0.2, 0) is 6.42 Å². The standard InChI is InChI=1S/C14H21N3S/c1-15-12(8-11-4-2-3-5-11)9-13-10-17-6-7-18-14(17)16-13/h6-7,10-12,15H,2-5,8-9H2,1H3. The van der Waals surface area contributed by atoms with Crippen LogP contribution in [-0.4, -0.2) is 22.5 Å². The quantitative estimate of drug-likeness (QED) is 0.898. The fourth-order valence-corrected chi connectivity index (χ4v) is 3.80. The number of hydrogen-bond acceptors (Lipinski definition) is 3. The number of likely N-dealkylation sites (N-methyl/N-ethyl adjacent to an activating group) is 1. The van der Waals surface area contributed by atoms with Crippen LogP contribution < -0.4 is 5.32 Å². The highest BCUT2D eigenvalue weighted by atomic mass is 32.1. The van der Waals surface area contributed by atoms with Gasteiger partial charge in [0.2, 0.25) is 0 Å². The second kappa shape index (κ2) is 5.41. The van der Waals surface area contributed by atoms with Crippen LogP contribution in [0.5, 0.6) is 0 Å². The van der Waals surface area contributed by atoms with E-state index in [4.69, 9.17) is 0 Å². The lowest BCUT2D eigenvalue weighted by molar-refractivity contribution is 0.401. The van der Waals surface area contributed by atoms with Crippen LogP contribution in [0.15, 0.2) is 17.8 Å². The first-order valence-corrected chi connectivity index (χ1v) is 7.81. The highest BCUT2D eigenvalue weighted by Gasteiger charge is 2.20. The van der Waals surface area contributed by atoms with E-state index >= 15 is 0 Å². The van der Waals surface area contributed by atoms with Crippen molar-refractivity contribution >= 4 is 16.3 Å². The van der Waals surface area contributed by atoms with Gasteiger partial charge in [-0.05, 0) is 19.4 Å². The molecule has 1 aliphatic rings. The number of aromatic nitrogens is 2. The van der Waals surface area contributed by atoms with Gasteiger partial charge in [-0.2, -0.15) is 0 Å². The molecule has 2 aromatic heterocycles. The summed E-state index contributed by atoms with van der Waals surface area (Å²) < 4.78 is 2.13. The third kappa shape index (κ3) is 2.59. The van der Waals surface area contributed by atoms with Crippen LogP contribution in [0, 0.1) is 5.92 Å². The Bertz CT molecular complexity index is 467. The van der Waals surface area contributed by atoms with E-state index < -0.39 is 0 Å². The van der Waals surface area contributed by atoms with E-state index in [9.17, 15) is 0 Å². The van der Waals surface area contributed by atoms with Crippen molar-refractivity contribution in [2.45, 2.75) is 44.6 Å². The molecular formula is C14H21N3S. The molecule has 0 saturated heterocycles. The van der Waals surface area contributed by atoms with Gasteiger partial charge in [0.15, 0.2) is 4.96 Å². The minimum atomic E-state index is 0.581. The maximum Gasteiger partial charge on any atom is 0.193 e. The molecule has 0 spiro atoms. The molecule has 0 aromatic carbocycles. The van der Waals surface area contributed by atoms with Crippen molar-refractivity contribution in [3.8, 4) is 0 Å². The van der Waals surface area contributed by atoms with E-state index in [1.165, 1.54) is 37.8 Å². The first-order valence-electron chi connectivity index (χ1n) is 6.93. The van der Waals surface area contributed by atoms with Gasteiger partial charge in [0.1, 0.15) is 0 Å². The van der Waals surface area contributed by atoms with E-state index in [2.05, 4.69) is 39.5 Å². The molecule has 1 saturated carbocycles. The fourth-order valence-electron chi connectivity index (χ4n) is 3.08. The molecule has 2 heterocycles. The van der Waals surface area contributed by atoms with Gasteiger partial charge >= 0.3 is 0 Å². The van der Waals surface area contributed by atoms with Gasteiger partial charge in [-0.15, -0.1) is 11.3 Å². The van der Waals surface area contributed by atoms with Crippen molar-refractivity contribution in [2.24, 2.45) is 5.92 Å². The van der Waals surface area contributed by atoms with E-state index in [0.29, 0.717) is 6.04 Å². The van der Waals surface area contributed by atoms with Gasteiger partial charge in [0.05, 0.1) is 5.69 Å². The predicted octanol–water partition coefficient (Wildman–Crippen LogP) is 3.11. The van der Waals surface area contributed by atoms with Gasteiger partial charge in [-0.1, -0.05) is 25.7 Å². The molecule has 2 aromatic rings. The zero-order chi connectivity index (χ0) is 12.4. The molecule has 18 heavy (non-hydrogen) atoms. The summed E-state index contributed by atoms with van der Waals surface area (Å²) in [6.45, 7) is 0. The molecule has 4 heteroatoms. The number of imidazole rings is 1. The highest BCUT2D eigenvalue weighted by molar-refractivity contribution is 7.15. The van der Waals surface area contributed by atoms with Gasteiger partial charge in [-0.25, -0.2) is 4.98 Å². The predicted molar refractivity (Wildman–Crippen MR) is 76.2 cm³/mol. The summed E-state index contributed by atoms with van der Waals surface area (Å²) in [4.78, 5) is 5.79. The van der Waals surface area contributed by atoms with E-state index in [1.54, 1.807) is 11.3 Å². The molecule has 1 unspecified atom stereocenters. The van der Waals surface area contributed by atoms with Gasteiger partial charge in [-0.3, -0.25) is 4.40 Å². The van der Waals surface area contributed by atoms with E-state index in [0.717, 1.165) is 17.3 Å². The van der Waals surface area contributed by atoms with E-state index in [1.807, 2.05) is 0 Å². The summed E-state index contributed by atoms with van der Waals surface area (Å²) in [6.07, 6.45) is 12.3. The van der Waals surface area contributed by atoms with Crippen molar-refractivity contribution in [2.75, 3.05) is 7.05 Å². The molecule has 1 N–H and O–H groups in total. The van der Waals surface area contributed by atoms with Crippen LogP contribution >= 0.6 is 11.3 Å². The Morgan fingerprint density at radius 2 is 2.33 bits per heavy atom. The lowest BCUT2D eigenvalue weighted by Crippen LogP contribution is -2.29. The molecule has 98 valence electrons. The van der Waals surface area contributed by atoms with Crippen molar-refractivity contribution in [3.63, 3.8) is 0 Å². The van der Waals surface area contributed by atoms with Crippen molar-refractivity contribution in [1.82, 2.24) is 14.7 Å². The second-order valence-corrected chi connectivity index (χ2v) is 6.27. The summed E-state index contributed by atoms with van der Waals surface area (Å²) in [5, 5.41) is 5.55. The maximum atomic E-state index is 4.68. The minimum Gasteiger partial charge on any atom is -0.317 e. The highest BCUT2D eigenvalue weighted by Crippen LogP contribution is 2.29. The Balaban J connectivity index is 1.63. The zero-order valence-electron chi connectivity index (χ0n) is 10.9. The summed E-state index contributed by atoms with van der Waals surface area (Å²) >= 11 is 1.71. The monoisotopic (exact) mass is 263 g/mol. The molecule has 1 atom stereocenters. The first kappa shape index (κ1) is 12.2. The van der Waals surface area contributed by atoms with Crippen LogP contribution in [0.3, 0.4) is 0 Å². The van der Waals surface area contributed by atoms with E-state index in [-0.39, 0.29) is 0 Å². The topological polar surface area (TPSA) is 29.3 Å². The average Bonchev–Trinajstić information content (AvgIpc) is 3.03. The number of thiazole rings is 1. The van der Waals surface area contributed by atoms with Gasteiger partial charge in [0.25, 0.3) is 0 Å². The Morgan fingerprint density at radius 1 is 1.50 bits per heavy atom. The summed E-state index contributed by atoms with van der Waals surface area (Å²) in [7, 11) is 2.08. The molecule has 0 aliphatic heterocycles. The Morgan fingerprint density at radius 3 is 3.06 bits per heavy atom. The Kier molecular flexibility index (Phi) is 3.66. The van der Waals surface area contributed by atoms with Crippen LogP contribution in [0.2, 0.25) is 0 Å². The Labute approximate surface area is 112 Å².